The van der Waals surface area contributed by atoms with Crippen molar-refractivity contribution in [2.45, 2.75) is 24.9 Å². The Balaban J connectivity index is 2.01. The van der Waals surface area contributed by atoms with Crippen molar-refractivity contribution in [3.63, 3.8) is 0 Å². The lowest BCUT2D eigenvalue weighted by Crippen LogP contribution is -2.24. The molecule has 0 unspecified atom stereocenters. The van der Waals surface area contributed by atoms with Crippen LogP contribution in [0.4, 0.5) is 0 Å². The van der Waals surface area contributed by atoms with Gasteiger partial charge in [-0.3, -0.25) is 4.79 Å². The molecule has 0 spiro atoms. The van der Waals surface area contributed by atoms with Crippen LogP contribution in [0.2, 0.25) is 0 Å². The van der Waals surface area contributed by atoms with E-state index in [9.17, 15) is 9.90 Å². The maximum absolute atomic E-state index is 11.5. The van der Waals surface area contributed by atoms with Crippen molar-refractivity contribution in [2.24, 2.45) is 0 Å². The zero-order valence-corrected chi connectivity index (χ0v) is 9.35. The number of H-pyrrole nitrogens is 1. The highest BCUT2D eigenvalue weighted by Gasteiger charge is 2.35. The summed E-state index contributed by atoms with van der Waals surface area (Å²) >= 11 is 0. The molecule has 0 bridgehead atoms. The molecule has 0 aromatic carbocycles. The van der Waals surface area contributed by atoms with E-state index < -0.39 is 18.4 Å². The van der Waals surface area contributed by atoms with E-state index in [1.54, 1.807) is 0 Å². The number of hydrogen-bond acceptors (Lipinski definition) is 6. The fraction of sp³-hybridized carbons (Fsp3) is 0.500. The average Bonchev–Trinajstić information content (AvgIpc) is 2.93. The minimum Gasteiger partial charge on any atom is -0.394 e. The maximum atomic E-state index is 11.5. The minimum absolute atomic E-state index is 0.259. The number of aliphatic hydroxyl groups is 2. The number of nitrogens with zero attached hydrogens (tertiary/aromatic N) is 3. The third kappa shape index (κ3) is 1.62. The van der Waals surface area contributed by atoms with Crippen molar-refractivity contribution < 1.29 is 14.9 Å². The summed E-state index contributed by atoms with van der Waals surface area (Å²) in [4.78, 5) is 18.0. The van der Waals surface area contributed by atoms with Crippen LogP contribution in [-0.2, 0) is 4.74 Å². The van der Waals surface area contributed by atoms with Crippen molar-refractivity contribution in [3.8, 4) is 0 Å². The van der Waals surface area contributed by atoms with Crippen LogP contribution < -0.4 is 5.56 Å². The lowest BCUT2D eigenvalue weighted by atomic mass is 10.2. The maximum Gasteiger partial charge on any atom is 0.261 e. The molecule has 1 aliphatic rings. The van der Waals surface area contributed by atoms with Crippen molar-refractivity contribution in [3.05, 3.63) is 22.9 Å². The normalized spacial score (nSPS) is 28.0. The Labute approximate surface area is 101 Å². The standard InChI is InChI=1S/C10H12N4O4/c15-3-7-6(16)1-8(18-7)14-9-5(2-13-14)10(17)12-4-11-9/h2,4,6-8,15-16H,1,3H2,(H,11,12,17)/t6-,7+,8+/m0/s1. The Morgan fingerprint density at radius 3 is 3.17 bits per heavy atom. The number of aromatic nitrogens is 4. The van der Waals surface area contributed by atoms with Gasteiger partial charge in [-0.15, -0.1) is 0 Å². The van der Waals surface area contributed by atoms with Gasteiger partial charge in [0.25, 0.3) is 5.56 Å². The van der Waals surface area contributed by atoms with Crippen LogP contribution in [-0.4, -0.2) is 48.8 Å². The van der Waals surface area contributed by atoms with Crippen molar-refractivity contribution >= 4 is 11.0 Å². The summed E-state index contributed by atoms with van der Waals surface area (Å²) in [5.74, 6) is 0. The summed E-state index contributed by atoms with van der Waals surface area (Å²) in [6.07, 6.45) is 1.10. The Morgan fingerprint density at radius 1 is 1.61 bits per heavy atom. The van der Waals surface area contributed by atoms with E-state index in [4.69, 9.17) is 9.84 Å². The van der Waals surface area contributed by atoms with Gasteiger partial charge in [-0.1, -0.05) is 0 Å². The highest BCUT2D eigenvalue weighted by atomic mass is 16.5. The molecule has 3 atom stereocenters. The molecule has 3 N–H and O–H groups in total. The second kappa shape index (κ2) is 4.16. The molecule has 3 rings (SSSR count). The van der Waals surface area contributed by atoms with E-state index in [2.05, 4.69) is 15.1 Å². The Hall–Kier alpha value is -1.77. The summed E-state index contributed by atoms with van der Waals surface area (Å²) < 4.78 is 6.91. The highest BCUT2D eigenvalue weighted by Crippen LogP contribution is 2.29. The molecule has 1 saturated heterocycles. The fourth-order valence-corrected chi connectivity index (χ4v) is 2.11. The van der Waals surface area contributed by atoms with Crippen LogP contribution in [0.1, 0.15) is 12.6 Å². The van der Waals surface area contributed by atoms with E-state index in [1.165, 1.54) is 17.2 Å². The van der Waals surface area contributed by atoms with Crippen LogP contribution in [0.3, 0.4) is 0 Å². The first-order chi connectivity index (χ1) is 8.70. The summed E-state index contributed by atoms with van der Waals surface area (Å²) in [6, 6.07) is 0. The molecular weight excluding hydrogens is 240 g/mol. The lowest BCUT2D eigenvalue weighted by molar-refractivity contribution is -0.0470. The molecule has 18 heavy (non-hydrogen) atoms. The minimum atomic E-state index is -0.749. The molecule has 0 saturated carbocycles. The summed E-state index contributed by atoms with van der Waals surface area (Å²) in [7, 11) is 0. The van der Waals surface area contributed by atoms with Crippen LogP contribution in [0.5, 0.6) is 0 Å². The molecule has 2 aromatic heterocycles. The van der Waals surface area contributed by atoms with Gasteiger partial charge >= 0.3 is 0 Å². The molecule has 2 aromatic rings. The van der Waals surface area contributed by atoms with E-state index in [1.807, 2.05) is 0 Å². The van der Waals surface area contributed by atoms with Gasteiger partial charge in [0.15, 0.2) is 11.9 Å². The topological polar surface area (TPSA) is 113 Å². The Morgan fingerprint density at radius 2 is 2.44 bits per heavy atom. The smallest absolute Gasteiger partial charge is 0.261 e. The number of nitrogens with one attached hydrogen (secondary N) is 1. The quantitative estimate of drug-likeness (QED) is 0.616. The van der Waals surface area contributed by atoms with Gasteiger partial charge in [0, 0.05) is 6.42 Å². The largest absolute Gasteiger partial charge is 0.394 e. The number of ether oxygens (including phenoxy) is 1. The van der Waals surface area contributed by atoms with Crippen LogP contribution in [0.15, 0.2) is 17.3 Å². The number of hydrogen-bond donors (Lipinski definition) is 3. The molecule has 1 fully saturated rings. The molecule has 1 aliphatic heterocycles. The molecule has 0 aliphatic carbocycles. The zero-order valence-electron chi connectivity index (χ0n) is 9.35. The lowest BCUT2D eigenvalue weighted by Gasteiger charge is -2.12. The molecule has 8 heteroatoms. The van der Waals surface area contributed by atoms with Gasteiger partial charge in [0.2, 0.25) is 0 Å². The first-order valence-corrected chi connectivity index (χ1v) is 5.56. The van der Waals surface area contributed by atoms with Gasteiger partial charge in [-0.25, -0.2) is 9.67 Å². The third-order valence-corrected chi connectivity index (χ3v) is 3.05. The van der Waals surface area contributed by atoms with Crippen molar-refractivity contribution in [2.75, 3.05) is 6.61 Å². The van der Waals surface area contributed by atoms with Crippen molar-refractivity contribution in [1.29, 1.82) is 0 Å². The predicted octanol–water partition coefficient (Wildman–Crippen LogP) is -1.24. The Kier molecular flexibility index (Phi) is 2.62. The van der Waals surface area contributed by atoms with Gasteiger partial charge in [0.1, 0.15) is 11.5 Å². The Bertz CT molecular complexity index is 622. The monoisotopic (exact) mass is 252 g/mol. The molecule has 3 heterocycles. The van der Waals surface area contributed by atoms with E-state index in [-0.39, 0.29) is 12.2 Å². The molecule has 96 valence electrons. The van der Waals surface area contributed by atoms with Crippen molar-refractivity contribution in [1.82, 2.24) is 19.7 Å². The van der Waals surface area contributed by atoms with Gasteiger partial charge in [0.05, 0.1) is 25.2 Å². The first-order valence-electron chi connectivity index (χ1n) is 5.56. The number of aliphatic hydroxyl groups excluding tert-OH is 2. The number of rotatable bonds is 2. The molecule has 0 radical (unpaired) electrons. The molecule has 8 nitrogen and oxygen atoms in total. The predicted molar refractivity (Wildman–Crippen MR) is 59.8 cm³/mol. The summed E-state index contributed by atoms with van der Waals surface area (Å²) in [5, 5.41) is 23.1. The number of fused-ring (bicyclic) bond motifs is 1. The first kappa shape index (κ1) is 11.3. The number of aromatic amines is 1. The molecule has 0 amide bonds. The van der Waals surface area contributed by atoms with E-state index in [0.717, 1.165) is 0 Å². The summed E-state index contributed by atoms with van der Waals surface area (Å²) in [6.45, 7) is -0.259. The van der Waals surface area contributed by atoms with Gasteiger partial charge < -0.3 is 19.9 Å². The van der Waals surface area contributed by atoms with Gasteiger partial charge in [-0.05, 0) is 0 Å². The van der Waals surface area contributed by atoms with Crippen LogP contribution in [0.25, 0.3) is 11.0 Å². The second-order valence-corrected chi connectivity index (χ2v) is 4.17. The van der Waals surface area contributed by atoms with E-state index >= 15 is 0 Å². The second-order valence-electron chi connectivity index (χ2n) is 4.17. The SMILES string of the molecule is O=c1[nH]cnc2c1cnn2[C@H]1C[C@H](O)[C@@H](CO)O1. The fourth-order valence-electron chi connectivity index (χ4n) is 2.11. The van der Waals surface area contributed by atoms with Crippen LogP contribution in [0, 0.1) is 0 Å². The summed E-state index contributed by atoms with van der Waals surface area (Å²) in [5.41, 5.74) is 0.123. The molecular formula is C10H12N4O4. The zero-order chi connectivity index (χ0) is 12.7. The van der Waals surface area contributed by atoms with Gasteiger partial charge in [-0.2, -0.15) is 5.10 Å². The highest BCUT2D eigenvalue weighted by molar-refractivity contribution is 5.72. The average molecular weight is 252 g/mol. The third-order valence-electron chi connectivity index (χ3n) is 3.05. The van der Waals surface area contributed by atoms with E-state index in [0.29, 0.717) is 17.5 Å². The van der Waals surface area contributed by atoms with Crippen LogP contribution >= 0.6 is 0 Å².